The van der Waals surface area contributed by atoms with Gasteiger partial charge < -0.3 is 9.47 Å². The first kappa shape index (κ1) is 12.1. The second kappa shape index (κ2) is 7.30. The zero-order valence-corrected chi connectivity index (χ0v) is 9.61. The van der Waals surface area contributed by atoms with Crippen LogP contribution in [0.3, 0.4) is 0 Å². The molecule has 0 N–H and O–H groups in total. The minimum Gasteiger partial charge on any atom is -0.491 e. The van der Waals surface area contributed by atoms with E-state index in [-0.39, 0.29) is 0 Å². The molecule has 0 heterocycles. The summed E-state index contributed by atoms with van der Waals surface area (Å²) in [6.07, 6.45) is 1.17. The molecule has 0 fully saturated rings. The van der Waals surface area contributed by atoms with E-state index >= 15 is 0 Å². The highest BCUT2D eigenvalue weighted by atomic mass is 16.5. The van der Waals surface area contributed by atoms with Crippen LogP contribution in [0.15, 0.2) is 30.3 Å². The maximum absolute atomic E-state index is 5.50. The van der Waals surface area contributed by atoms with Crippen LogP contribution in [0.2, 0.25) is 0 Å². The molecule has 2 nitrogen and oxygen atoms in total. The molecular formula is C13H20O2. The summed E-state index contributed by atoms with van der Waals surface area (Å²) >= 11 is 0. The lowest BCUT2D eigenvalue weighted by Gasteiger charge is -2.10. The Labute approximate surface area is 92.2 Å². The van der Waals surface area contributed by atoms with Gasteiger partial charge in [0.15, 0.2) is 0 Å². The van der Waals surface area contributed by atoms with Crippen molar-refractivity contribution in [3.63, 3.8) is 0 Å². The molecule has 84 valence electrons. The van der Waals surface area contributed by atoms with E-state index in [2.05, 4.69) is 13.8 Å². The van der Waals surface area contributed by atoms with Crippen LogP contribution in [0.5, 0.6) is 5.75 Å². The van der Waals surface area contributed by atoms with Crippen molar-refractivity contribution in [1.29, 1.82) is 0 Å². The molecule has 1 aromatic carbocycles. The molecule has 1 atom stereocenters. The van der Waals surface area contributed by atoms with E-state index in [0.29, 0.717) is 19.1 Å². The summed E-state index contributed by atoms with van der Waals surface area (Å²) < 4.78 is 11.0. The molecule has 0 aliphatic rings. The molecule has 0 aliphatic carbocycles. The highest BCUT2D eigenvalue weighted by Crippen LogP contribution is 2.07. The van der Waals surface area contributed by atoms with Crippen molar-refractivity contribution >= 4 is 0 Å². The lowest BCUT2D eigenvalue weighted by Crippen LogP contribution is -2.11. The minimum absolute atomic E-state index is 0.625. The molecule has 1 unspecified atom stereocenters. The van der Waals surface area contributed by atoms with Crippen LogP contribution in [-0.4, -0.2) is 19.8 Å². The minimum atomic E-state index is 0.625. The number of para-hydroxylation sites is 1. The molecule has 1 rings (SSSR count). The van der Waals surface area contributed by atoms with Crippen LogP contribution >= 0.6 is 0 Å². The summed E-state index contributed by atoms with van der Waals surface area (Å²) in [5.41, 5.74) is 0. The van der Waals surface area contributed by atoms with Crippen LogP contribution in [0.4, 0.5) is 0 Å². The maximum atomic E-state index is 5.50. The van der Waals surface area contributed by atoms with E-state index in [1.807, 2.05) is 30.3 Å². The molecule has 0 radical (unpaired) electrons. The van der Waals surface area contributed by atoms with Gasteiger partial charge in [0.25, 0.3) is 0 Å². The fourth-order valence-corrected chi connectivity index (χ4v) is 1.14. The van der Waals surface area contributed by atoms with Crippen molar-refractivity contribution in [3.8, 4) is 5.75 Å². The Hall–Kier alpha value is -1.02. The van der Waals surface area contributed by atoms with E-state index in [9.17, 15) is 0 Å². The third kappa shape index (κ3) is 5.43. The van der Waals surface area contributed by atoms with Crippen LogP contribution in [0.25, 0.3) is 0 Å². The van der Waals surface area contributed by atoms with E-state index in [4.69, 9.17) is 9.47 Å². The number of benzene rings is 1. The van der Waals surface area contributed by atoms with Gasteiger partial charge >= 0.3 is 0 Å². The van der Waals surface area contributed by atoms with Crippen molar-refractivity contribution in [2.75, 3.05) is 19.8 Å². The summed E-state index contributed by atoms with van der Waals surface area (Å²) in [6, 6.07) is 9.82. The molecule has 0 spiro atoms. The molecule has 2 heteroatoms. The summed E-state index contributed by atoms with van der Waals surface area (Å²) in [6.45, 7) is 6.49. The standard InChI is InChI=1S/C13H20O2/c1-3-12(2)11-14-9-10-15-13-7-5-4-6-8-13/h4-8,12H,3,9-11H2,1-2H3. The van der Waals surface area contributed by atoms with Gasteiger partial charge in [0.1, 0.15) is 12.4 Å². The molecular weight excluding hydrogens is 188 g/mol. The third-order valence-corrected chi connectivity index (χ3v) is 2.34. The first-order valence-corrected chi connectivity index (χ1v) is 5.58. The van der Waals surface area contributed by atoms with Crippen LogP contribution < -0.4 is 4.74 Å². The lowest BCUT2D eigenvalue weighted by molar-refractivity contribution is 0.0771. The van der Waals surface area contributed by atoms with Gasteiger partial charge in [-0.15, -0.1) is 0 Å². The van der Waals surface area contributed by atoms with E-state index in [1.165, 1.54) is 6.42 Å². The molecule has 0 aliphatic heterocycles. The Morgan fingerprint density at radius 2 is 1.87 bits per heavy atom. The van der Waals surface area contributed by atoms with Gasteiger partial charge in [0.2, 0.25) is 0 Å². The van der Waals surface area contributed by atoms with Gasteiger partial charge in [-0.1, -0.05) is 38.5 Å². The second-order valence-corrected chi connectivity index (χ2v) is 3.75. The smallest absolute Gasteiger partial charge is 0.119 e. The number of ether oxygens (including phenoxy) is 2. The molecule has 0 saturated carbocycles. The van der Waals surface area contributed by atoms with Gasteiger partial charge in [-0.25, -0.2) is 0 Å². The summed E-state index contributed by atoms with van der Waals surface area (Å²) in [4.78, 5) is 0. The monoisotopic (exact) mass is 208 g/mol. The van der Waals surface area contributed by atoms with Crippen LogP contribution in [0.1, 0.15) is 20.3 Å². The van der Waals surface area contributed by atoms with Gasteiger partial charge in [0.05, 0.1) is 6.61 Å². The van der Waals surface area contributed by atoms with Gasteiger partial charge in [-0.2, -0.15) is 0 Å². The summed E-state index contributed by atoms with van der Waals surface area (Å²) in [5.74, 6) is 1.55. The van der Waals surface area contributed by atoms with Gasteiger partial charge in [0, 0.05) is 6.61 Å². The molecule has 15 heavy (non-hydrogen) atoms. The molecule has 0 bridgehead atoms. The van der Waals surface area contributed by atoms with Crippen molar-refractivity contribution in [1.82, 2.24) is 0 Å². The fraction of sp³-hybridized carbons (Fsp3) is 0.538. The topological polar surface area (TPSA) is 18.5 Å². The Bertz CT molecular complexity index is 246. The lowest BCUT2D eigenvalue weighted by atomic mass is 10.1. The Morgan fingerprint density at radius 3 is 2.53 bits per heavy atom. The van der Waals surface area contributed by atoms with E-state index in [0.717, 1.165) is 12.4 Å². The molecule has 0 amide bonds. The third-order valence-electron chi connectivity index (χ3n) is 2.34. The molecule has 1 aromatic rings. The number of rotatable bonds is 7. The average Bonchev–Trinajstić information content (AvgIpc) is 2.29. The quantitative estimate of drug-likeness (QED) is 0.641. The first-order chi connectivity index (χ1) is 7.33. The first-order valence-electron chi connectivity index (χ1n) is 5.58. The van der Waals surface area contributed by atoms with Crippen molar-refractivity contribution in [3.05, 3.63) is 30.3 Å². The van der Waals surface area contributed by atoms with Crippen molar-refractivity contribution in [2.45, 2.75) is 20.3 Å². The average molecular weight is 208 g/mol. The largest absolute Gasteiger partial charge is 0.491 e. The van der Waals surface area contributed by atoms with E-state index < -0.39 is 0 Å². The second-order valence-electron chi connectivity index (χ2n) is 3.75. The van der Waals surface area contributed by atoms with Gasteiger partial charge in [-0.05, 0) is 18.1 Å². The Morgan fingerprint density at radius 1 is 1.13 bits per heavy atom. The Kier molecular flexibility index (Phi) is 5.86. The fourth-order valence-electron chi connectivity index (χ4n) is 1.14. The highest BCUT2D eigenvalue weighted by Gasteiger charge is 1.98. The predicted molar refractivity (Wildman–Crippen MR) is 62.2 cm³/mol. The number of hydrogen-bond acceptors (Lipinski definition) is 2. The highest BCUT2D eigenvalue weighted by molar-refractivity contribution is 5.20. The van der Waals surface area contributed by atoms with Crippen molar-refractivity contribution in [2.24, 2.45) is 5.92 Å². The SMILES string of the molecule is CCC(C)COCCOc1ccccc1. The summed E-state index contributed by atoms with van der Waals surface area (Å²) in [7, 11) is 0. The summed E-state index contributed by atoms with van der Waals surface area (Å²) in [5, 5.41) is 0. The van der Waals surface area contributed by atoms with E-state index in [1.54, 1.807) is 0 Å². The van der Waals surface area contributed by atoms with Crippen LogP contribution in [0, 0.1) is 5.92 Å². The molecule has 0 saturated heterocycles. The number of hydrogen-bond donors (Lipinski definition) is 0. The zero-order valence-electron chi connectivity index (χ0n) is 9.61. The van der Waals surface area contributed by atoms with Gasteiger partial charge in [-0.3, -0.25) is 0 Å². The predicted octanol–water partition coefficient (Wildman–Crippen LogP) is 3.13. The van der Waals surface area contributed by atoms with Crippen LogP contribution in [-0.2, 0) is 4.74 Å². The Balaban J connectivity index is 2.03. The zero-order chi connectivity index (χ0) is 10.9. The normalized spacial score (nSPS) is 12.4. The molecule has 0 aromatic heterocycles. The maximum Gasteiger partial charge on any atom is 0.119 e. The van der Waals surface area contributed by atoms with Crippen molar-refractivity contribution < 1.29 is 9.47 Å².